The summed E-state index contributed by atoms with van der Waals surface area (Å²) >= 11 is 0. The summed E-state index contributed by atoms with van der Waals surface area (Å²) in [5.74, 6) is 0.436. The Kier molecular flexibility index (Phi) is 4.26. The highest BCUT2D eigenvalue weighted by molar-refractivity contribution is 5.93. The average Bonchev–Trinajstić information content (AvgIpc) is 3.43. The van der Waals surface area contributed by atoms with Crippen molar-refractivity contribution in [2.45, 2.75) is 24.5 Å². The minimum atomic E-state index is 0.181. The third-order valence-electron chi connectivity index (χ3n) is 6.30. The summed E-state index contributed by atoms with van der Waals surface area (Å²) in [5, 5.41) is 4.74. The molecule has 2 aliphatic rings. The van der Waals surface area contributed by atoms with Crippen LogP contribution in [0.1, 0.15) is 29.8 Å². The van der Waals surface area contributed by atoms with Crippen LogP contribution in [0.3, 0.4) is 0 Å². The fourth-order valence-electron chi connectivity index (χ4n) is 4.81. The number of aromatic amines is 1. The van der Waals surface area contributed by atoms with Crippen molar-refractivity contribution in [3.63, 3.8) is 0 Å². The second kappa shape index (κ2) is 7.24. The molecule has 2 fully saturated rings. The van der Waals surface area contributed by atoms with E-state index in [4.69, 9.17) is 0 Å². The van der Waals surface area contributed by atoms with E-state index in [1.807, 2.05) is 30.9 Å². The summed E-state index contributed by atoms with van der Waals surface area (Å²) in [7, 11) is 0. The predicted molar refractivity (Wildman–Crippen MR) is 113 cm³/mol. The van der Waals surface area contributed by atoms with E-state index in [2.05, 4.69) is 59.3 Å². The van der Waals surface area contributed by atoms with Crippen LogP contribution in [0.5, 0.6) is 0 Å². The van der Waals surface area contributed by atoms with E-state index in [1.54, 1.807) is 12.5 Å². The lowest BCUT2D eigenvalue weighted by Gasteiger charge is -2.34. The molecule has 8 heteroatoms. The Labute approximate surface area is 173 Å². The molecule has 6 rings (SSSR count). The third-order valence-corrected chi connectivity index (χ3v) is 6.30. The maximum atomic E-state index is 4.57. The normalized spacial score (nSPS) is 26.0. The van der Waals surface area contributed by atoms with E-state index in [9.17, 15) is 0 Å². The van der Waals surface area contributed by atoms with Crippen molar-refractivity contribution in [3.8, 4) is 11.1 Å². The Hall–Kier alpha value is -3.20. The highest BCUT2D eigenvalue weighted by Crippen LogP contribution is 2.39. The molecule has 0 bridgehead atoms. The van der Waals surface area contributed by atoms with Crippen LogP contribution in [-0.4, -0.2) is 37.5 Å². The van der Waals surface area contributed by atoms with Crippen molar-refractivity contribution >= 4 is 11.0 Å². The molecule has 2 saturated heterocycles. The molecule has 0 radical (unpaired) electrons. The van der Waals surface area contributed by atoms with E-state index in [-0.39, 0.29) is 12.1 Å². The molecule has 4 aromatic heterocycles. The molecule has 0 aromatic carbocycles. The minimum Gasteiger partial charge on any atom is -0.342 e. The zero-order chi connectivity index (χ0) is 19.9. The first-order chi connectivity index (χ1) is 14.9. The van der Waals surface area contributed by atoms with Crippen LogP contribution in [0.4, 0.5) is 0 Å². The van der Waals surface area contributed by atoms with Crippen LogP contribution in [0.15, 0.2) is 61.6 Å². The smallest absolute Gasteiger partial charge is 0.138 e. The van der Waals surface area contributed by atoms with E-state index in [0.717, 1.165) is 46.4 Å². The topological polar surface area (TPSA) is 103 Å². The van der Waals surface area contributed by atoms with Crippen LogP contribution in [-0.2, 0) is 0 Å². The first-order valence-electron chi connectivity index (χ1n) is 10.2. The summed E-state index contributed by atoms with van der Waals surface area (Å²) in [5.41, 5.74) is 12.4. The molecular formula is C22H22N8. The largest absolute Gasteiger partial charge is 0.342 e. The van der Waals surface area contributed by atoms with Gasteiger partial charge in [-0.05, 0) is 30.2 Å². The van der Waals surface area contributed by atoms with Crippen molar-refractivity contribution in [2.24, 2.45) is 5.92 Å². The SMILES string of the molecule is c1cncc(-c2ccnc3[nH]c(C4NNC5CNC(c6cncnc6)CC54)cc23)c1. The maximum absolute atomic E-state index is 4.57. The summed E-state index contributed by atoms with van der Waals surface area (Å²) in [6, 6.07) is 9.13. The Morgan fingerprint density at radius 2 is 1.90 bits per heavy atom. The summed E-state index contributed by atoms with van der Waals surface area (Å²) < 4.78 is 0. The molecule has 150 valence electrons. The molecule has 8 nitrogen and oxygen atoms in total. The van der Waals surface area contributed by atoms with Gasteiger partial charge in [-0.2, -0.15) is 0 Å². The molecular weight excluding hydrogens is 376 g/mol. The third kappa shape index (κ3) is 2.97. The fraction of sp³-hybridized carbons (Fsp3) is 0.273. The number of H-pyrrole nitrogens is 1. The van der Waals surface area contributed by atoms with Gasteiger partial charge in [0.2, 0.25) is 0 Å². The summed E-state index contributed by atoms with van der Waals surface area (Å²) in [6.07, 6.45) is 11.9. The maximum Gasteiger partial charge on any atom is 0.138 e. The van der Waals surface area contributed by atoms with Gasteiger partial charge in [0, 0.05) is 77.7 Å². The van der Waals surface area contributed by atoms with Crippen molar-refractivity contribution in [3.05, 3.63) is 72.8 Å². The molecule has 6 heterocycles. The van der Waals surface area contributed by atoms with Crippen molar-refractivity contribution in [1.82, 2.24) is 41.1 Å². The predicted octanol–water partition coefficient (Wildman–Crippen LogP) is 2.28. The zero-order valence-corrected chi connectivity index (χ0v) is 16.3. The van der Waals surface area contributed by atoms with Gasteiger partial charge in [-0.25, -0.2) is 20.4 Å². The van der Waals surface area contributed by atoms with E-state index < -0.39 is 0 Å². The molecule has 2 aliphatic heterocycles. The molecule has 4 aromatic rings. The van der Waals surface area contributed by atoms with Gasteiger partial charge in [-0.15, -0.1) is 0 Å². The van der Waals surface area contributed by atoms with Gasteiger partial charge in [0.05, 0.1) is 6.04 Å². The molecule has 0 spiro atoms. The Balaban J connectivity index is 1.34. The molecule has 4 N–H and O–H groups in total. The van der Waals surface area contributed by atoms with Gasteiger partial charge in [0.25, 0.3) is 0 Å². The Morgan fingerprint density at radius 3 is 2.77 bits per heavy atom. The van der Waals surface area contributed by atoms with Crippen molar-refractivity contribution < 1.29 is 0 Å². The fourth-order valence-corrected chi connectivity index (χ4v) is 4.81. The lowest BCUT2D eigenvalue weighted by Crippen LogP contribution is -2.46. The number of aromatic nitrogens is 5. The molecule has 0 amide bonds. The van der Waals surface area contributed by atoms with Crippen LogP contribution in [0.25, 0.3) is 22.2 Å². The Morgan fingerprint density at radius 1 is 0.967 bits per heavy atom. The highest BCUT2D eigenvalue weighted by atomic mass is 15.4. The van der Waals surface area contributed by atoms with Gasteiger partial charge in [-0.3, -0.25) is 10.4 Å². The van der Waals surface area contributed by atoms with Crippen LogP contribution in [0.2, 0.25) is 0 Å². The molecule has 30 heavy (non-hydrogen) atoms. The minimum absolute atomic E-state index is 0.181. The average molecular weight is 398 g/mol. The first-order valence-corrected chi connectivity index (χ1v) is 10.2. The Bertz CT molecular complexity index is 1160. The molecule has 4 atom stereocenters. The van der Waals surface area contributed by atoms with E-state index >= 15 is 0 Å². The van der Waals surface area contributed by atoms with Crippen molar-refractivity contribution in [2.75, 3.05) is 6.54 Å². The van der Waals surface area contributed by atoms with Crippen LogP contribution < -0.4 is 16.2 Å². The van der Waals surface area contributed by atoms with E-state index in [0.29, 0.717) is 12.0 Å². The number of hydrazine groups is 1. The molecule has 4 unspecified atom stereocenters. The second-order valence-electron chi connectivity index (χ2n) is 7.99. The van der Waals surface area contributed by atoms with Gasteiger partial charge in [-0.1, -0.05) is 6.07 Å². The van der Waals surface area contributed by atoms with E-state index in [1.165, 1.54) is 0 Å². The standard InChI is InChI=1S/C22H22N8/c1-2-13(8-23-4-1)15-3-5-26-22-16(15)6-19(28-22)21-17-7-18(14-9-24-12-25-10-14)27-11-20(17)29-30-21/h1-6,8-10,12,17-18,20-21,27,29-30H,7,11H2,(H,26,28). The number of piperidine rings is 1. The number of hydrogen-bond donors (Lipinski definition) is 4. The highest BCUT2D eigenvalue weighted by Gasteiger charge is 2.42. The van der Waals surface area contributed by atoms with Crippen LogP contribution >= 0.6 is 0 Å². The number of pyridine rings is 2. The second-order valence-corrected chi connectivity index (χ2v) is 7.99. The monoisotopic (exact) mass is 398 g/mol. The summed E-state index contributed by atoms with van der Waals surface area (Å²) in [6.45, 7) is 0.896. The number of hydrogen-bond acceptors (Lipinski definition) is 7. The lowest BCUT2D eigenvalue weighted by molar-refractivity contribution is 0.265. The number of rotatable bonds is 3. The first kappa shape index (κ1) is 17.6. The van der Waals surface area contributed by atoms with Crippen LogP contribution in [0, 0.1) is 5.92 Å². The number of fused-ring (bicyclic) bond motifs is 2. The van der Waals surface area contributed by atoms with Gasteiger partial charge in [0.1, 0.15) is 12.0 Å². The number of nitrogens with zero attached hydrogens (tertiary/aromatic N) is 4. The summed E-state index contributed by atoms with van der Waals surface area (Å²) in [4.78, 5) is 20.8. The molecule has 0 aliphatic carbocycles. The lowest BCUT2D eigenvalue weighted by atomic mass is 9.82. The number of nitrogens with one attached hydrogen (secondary N) is 4. The van der Waals surface area contributed by atoms with Gasteiger partial charge in [0.15, 0.2) is 0 Å². The zero-order valence-electron chi connectivity index (χ0n) is 16.3. The quantitative estimate of drug-likeness (QED) is 0.420. The van der Waals surface area contributed by atoms with Gasteiger partial charge >= 0.3 is 0 Å². The van der Waals surface area contributed by atoms with Gasteiger partial charge < -0.3 is 10.3 Å². The molecule has 0 saturated carbocycles. The van der Waals surface area contributed by atoms with Crippen molar-refractivity contribution in [1.29, 1.82) is 0 Å².